The van der Waals surface area contributed by atoms with Crippen LogP contribution in [0.25, 0.3) is 0 Å². The Balaban J connectivity index is 2.81. The number of carbonyl (C=O) groups is 1. The molecule has 1 aromatic carbocycles. The first-order chi connectivity index (χ1) is 7.86. The summed E-state index contributed by atoms with van der Waals surface area (Å²) in [5.41, 5.74) is 7.78. The lowest BCUT2D eigenvalue weighted by Gasteiger charge is -2.30. The third kappa shape index (κ3) is 3.56. The average molecular weight is 234 g/mol. The smallest absolute Gasteiger partial charge is 0.236 e. The Morgan fingerprint density at radius 2 is 1.82 bits per heavy atom. The van der Waals surface area contributed by atoms with Gasteiger partial charge in [-0.1, -0.05) is 43.7 Å². The topological polar surface area (TPSA) is 46.3 Å². The van der Waals surface area contributed by atoms with E-state index in [4.69, 9.17) is 5.73 Å². The van der Waals surface area contributed by atoms with Crippen molar-refractivity contribution in [2.75, 3.05) is 20.1 Å². The molecular weight excluding hydrogens is 212 g/mol. The Morgan fingerprint density at radius 3 is 2.29 bits per heavy atom. The van der Waals surface area contributed by atoms with E-state index >= 15 is 0 Å². The van der Waals surface area contributed by atoms with Crippen LogP contribution in [0.4, 0.5) is 0 Å². The van der Waals surface area contributed by atoms with Crippen LogP contribution in [-0.2, 0) is 10.2 Å². The molecule has 1 amide bonds. The number of rotatable bonds is 4. The van der Waals surface area contributed by atoms with Crippen LogP contribution in [0.3, 0.4) is 0 Å². The van der Waals surface area contributed by atoms with Crippen LogP contribution in [0.5, 0.6) is 0 Å². The Morgan fingerprint density at radius 1 is 1.29 bits per heavy atom. The third-order valence-electron chi connectivity index (χ3n) is 3.07. The van der Waals surface area contributed by atoms with Gasteiger partial charge in [0.25, 0.3) is 0 Å². The molecule has 0 spiro atoms. The van der Waals surface area contributed by atoms with Gasteiger partial charge in [0.1, 0.15) is 0 Å². The summed E-state index contributed by atoms with van der Waals surface area (Å²) >= 11 is 0. The van der Waals surface area contributed by atoms with Gasteiger partial charge < -0.3 is 10.6 Å². The van der Waals surface area contributed by atoms with Crippen molar-refractivity contribution >= 4 is 5.91 Å². The molecule has 0 aliphatic carbocycles. The van der Waals surface area contributed by atoms with Crippen molar-refractivity contribution in [2.45, 2.75) is 26.2 Å². The summed E-state index contributed by atoms with van der Waals surface area (Å²) in [5.74, 6) is -0.0230. The summed E-state index contributed by atoms with van der Waals surface area (Å²) in [6.07, 6.45) is 0. The number of aryl methyl sites for hydroxylation is 1. The lowest BCUT2D eigenvalue weighted by Crippen LogP contribution is -2.41. The SMILES string of the molecule is Cc1ccc(C(C)(C)CN(C)C(=O)CN)cc1. The highest BCUT2D eigenvalue weighted by atomic mass is 16.2. The zero-order valence-electron chi connectivity index (χ0n) is 11.2. The van der Waals surface area contributed by atoms with Crippen LogP contribution in [0.2, 0.25) is 0 Å². The fourth-order valence-electron chi connectivity index (χ4n) is 1.93. The van der Waals surface area contributed by atoms with Crippen LogP contribution < -0.4 is 5.73 Å². The molecule has 1 aromatic rings. The quantitative estimate of drug-likeness (QED) is 0.861. The highest BCUT2D eigenvalue weighted by molar-refractivity contribution is 5.77. The minimum absolute atomic E-state index is 0.0230. The second kappa shape index (κ2) is 5.32. The van der Waals surface area contributed by atoms with Crippen molar-refractivity contribution < 1.29 is 4.79 Å². The minimum atomic E-state index is -0.0622. The van der Waals surface area contributed by atoms with Crippen LogP contribution in [0, 0.1) is 6.92 Å². The van der Waals surface area contributed by atoms with Crippen molar-refractivity contribution in [3.63, 3.8) is 0 Å². The molecule has 0 heterocycles. The van der Waals surface area contributed by atoms with E-state index in [-0.39, 0.29) is 17.9 Å². The average Bonchev–Trinajstić information content (AvgIpc) is 2.27. The number of hydrogen-bond donors (Lipinski definition) is 1. The molecule has 0 aliphatic heterocycles. The summed E-state index contributed by atoms with van der Waals surface area (Å²) in [5, 5.41) is 0. The molecule has 3 nitrogen and oxygen atoms in total. The van der Waals surface area contributed by atoms with Gasteiger partial charge in [-0.25, -0.2) is 0 Å². The number of hydrogen-bond acceptors (Lipinski definition) is 2. The Hall–Kier alpha value is -1.35. The molecule has 3 heteroatoms. The summed E-state index contributed by atoms with van der Waals surface area (Å²) in [7, 11) is 1.80. The zero-order chi connectivity index (χ0) is 13.1. The van der Waals surface area contributed by atoms with Gasteiger partial charge >= 0.3 is 0 Å². The van der Waals surface area contributed by atoms with Crippen LogP contribution in [0.15, 0.2) is 24.3 Å². The van der Waals surface area contributed by atoms with Crippen LogP contribution in [-0.4, -0.2) is 30.9 Å². The number of nitrogens with two attached hydrogens (primary N) is 1. The molecule has 0 aromatic heterocycles. The van der Waals surface area contributed by atoms with Crippen LogP contribution in [0.1, 0.15) is 25.0 Å². The summed E-state index contributed by atoms with van der Waals surface area (Å²) < 4.78 is 0. The van der Waals surface area contributed by atoms with E-state index in [1.54, 1.807) is 11.9 Å². The first-order valence-electron chi connectivity index (χ1n) is 5.88. The molecule has 0 radical (unpaired) electrons. The molecule has 1 rings (SSSR count). The molecule has 0 aliphatic rings. The monoisotopic (exact) mass is 234 g/mol. The molecular formula is C14H22N2O. The summed E-state index contributed by atoms with van der Waals surface area (Å²) in [4.78, 5) is 13.2. The highest BCUT2D eigenvalue weighted by Crippen LogP contribution is 2.24. The highest BCUT2D eigenvalue weighted by Gasteiger charge is 2.24. The lowest BCUT2D eigenvalue weighted by atomic mass is 9.84. The first kappa shape index (κ1) is 13.7. The van der Waals surface area contributed by atoms with Crippen molar-refractivity contribution in [1.82, 2.24) is 4.90 Å². The standard InChI is InChI=1S/C14H22N2O/c1-11-5-7-12(8-6-11)14(2,3)10-16(4)13(17)9-15/h5-8H,9-10,15H2,1-4H3. The molecule has 0 fully saturated rings. The molecule has 0 saturated carbocycles. The van der Waals surface area contributed by atoms with Crippen molar-refractivity contribution in [2.24, 2.45) is 5.73 Å². The van der Waals surface area contributed by atoms with E-state index in [1.807, 2.05) is 0 Å². The number of nitrogens with zero attached hydrogens (tertiary/aromatic N) is 1. The first-order valence-corrected chi connectivity index (χ1v) is 5.88. The van der Waals surface area contributed by atoms with Gasteiger partial charge in [-0.05, 0) is 12.5 Å². The van der Waals surface area contributed by atoms with Crippen molar-refractivity contribution in [1.29, 1.82) is 0 Å². The molecule has 0 atom stereocenters. The van der Waals surface area contributed by atoms with Crippen molar-refractivity contribution in [3.8, 4) is 0 Å². The molecule has 0 bridgehead atoms. The van der Waals surface area contributed by atoms with E-state index in [0.29, 0.717) is 6.54 Å². The Bertz CT molecular complexity index is 382. The maximum Gasteiger partial charge on any atom is 0.236 e. The van der Waals surface area contributed by atoms with Gasteiger partial charge in [-0.3, -0.25) is 4.79 Å². The molecule has 17 heavy (non-hydrogen) atoms. The van der Waals surface area contributed by atoms with E-state index in [9.17, 15) is 4.79 Å². The predicted molar refractivity (Wildman–Crippen MR) is 70.9 cm³/mol. The maximum atomic E-state index is 11.5. The Kier molecular flexibility index (Phi) is 4.29. The number of amides is 1. The van der Waals surface area contributed by atoms with Crippen LogP contribution >= 0.6 is 0 Å². The predicted octanol–water partition coefficient (Wildman–Crippen LogP) is 1.69. The van der Waals surface area contributed by atoms with Gasteiger partial charge in [0.05, 0.1) is 6.54 Å². The zero-order valence-corrected chi connectivity index (χ0v) is 11.2. The normalized spacial score (nSPS) is 11.4. The largest absolute Gasteiger partial charge is 0.344 e. The van der Waals surface area contributed by atoms with Gasteiger partial charge in [0, 0.05) is 19.0 Å². The fourth-order valence-corrected chi connectivity index (χ4v) is 1.93. The minimum Gasteiger partial charge on any atom is -0.344 e. The van der Waals surface area contributed by atoms with Gasteiger partial charge in [0.2, 0.25) is 5.91 Å². The number of benzene rings is 1. The third-order valence-corrected chi connectivity index (χ3v) is 3.07. The second-order valence-corrected chi connectivity index (χ2v) is 5.20. The maximum absolute atomic E-state index is 11.5. The Labute approximate surface area is 104 Å². The second-order valence-electron chi connectivity index (χ2n) is 5.20. The summed E-state index contributed by atoms with van der Waals surface area (Å²) in [6.45, 7) is 7.09. The molecule has 0 unspecified atom stereocenters. The molecule has 2 N–H and O–H groups in total. The van der Waals surface area contributed by atoms with Gasteiger partial charge in [-0.15, -0.1) is 0 Å². The summed E-state index contributed by atoms with van der Waals surface area (Å²) in [6, 6.07) is 8.44. The molecule has 0 saturated heterocycles. The molecule has 94 valence electrons. The van der Waals surface area contributed by atoms with E-state index in [1.165, 1.54) is 11.1 Å². The van der Waals surface area contributed by atoms with Crippen molar-refractivity contribution in [3.05, 3.63) is 35.4 Å². The number of likely N-dealkylation sites (N-methyl/N-ethyl adjacent to an activating group) is 1. The van der Waals surface area contributed by atoms with E-state index in [2.05, 4.69) is 45.0 Å². The van der Waals surface area contributed by atoms with Gasteiger partial charge in [0.15, 0.2) is 0 Å². The number of carbonyl (C=O) groups excluding carboxylic acids is 1. The van der Waals surface area contributed by atoms with Gasteiger partial charge in [-0.2, -0.15) is 0 Å². The lowest BCUT2D eigenvalue weighted by molar-refractivity contribution is -0.129. The fraction of sp³-hybridized carbons (Fsp3) is 0.500. The van der Waals surface area contributed by atoms with E-state index in [0.717, 1.165) is 0 Å². The van der Waals surface area contributed by atoms with E-state index < -0.39 is 0 Å².